The minimum absolute atomic E-state index is 0.127. The van der Waals surface area contributed by atoms with Crippen LogP contribution in [0.3, 0.4) is 0 Å². The summed E-state index contributed by atoms with van der Waals surface area (Å²) < 4.78 is 0. The van der Waals surface area contributed by atoms with E-state index in [1.54, 1.807) is 12.1 Å². The second-order valence-electron chi connectivity index (χ2n) is 6.79. The first-order valence-corrected chi connectivity index (χ1v) is 9.85. The molecule has 0 unspecified atom stereocenters. The second-order valence-corrected chi connectivity index (χ2v) is 7.67. The predicted molar refractivity (Wildman–Crippen MR) is 109 cm³/mol. The Labute approximate surface area is 162 Å². The van der Waals surface area contributed by atoms with Crippen molar-refractivity contribution in [3.8, 4) is 11.1 Å². The third kappa shape index (κ3) is 3.93. The van der Waals surface area contributed by atoms with Crippen molar-refractivity contribution in [3.63, 3.8) is 0 Å². The van der Waals surface area contributed by atoms with Gasteiger partial charge in [-0.25, -0.2) is 0 Å². The van der Waals surface area contributed by atoms with Gasteiger partial charge in [-0.3, -0.25) is 9.59 Å². The van der Waals surface area contributed by atoms with E-state index in [-0.39, 0.29) is 17.9 Å². The Kier molecular flexibility index (Phi) is 4.77. The minimum Gasteiger partial charge on any atom is -0.349 e. The number of nitrogens with one attached hydrogen (secondary N) is 2. The zero-order chi connectivity index (χ0) is 18.8. The number of carbonyl (C=O) groups excluding carboxylic acids is 2. The predicted octanol–water partition coefficient (Wildman–Crippen LogP) is 4.87. The van der Waals surface area contributed by atoms with Gasteiger partial charge < -0.3 is 10.6 Å². The van der Waals surface area contributed by atoms with Crippen molar-refractivity contribution in [2.75, 3.05) is 5.32 Å². The summed E-state index contributed by atoms with van der Waals surface area (Å²) in [5.41, 5.74) is 4.09. The average molecular weight is 376 g/mol. The van der Waals surface area contributed by atoms with Crippen molar-refractivity contribution < 1.29 is 9.59 Å². The lowest BCUT2D eigenvalue weighted by molar-refractivity contribution is 0.0953. The van der Waals surface area contributed by atoms with Gasteiger partial charge in [-0.1, -0.05) is 48.0 Å². The largest absolute Gasteiger partial charge is 0.349 e. The van der Waals surface area contributed by atoms with E-state index < -0.39 is 0 Å². The van der Waals surface area contributed by atoms with Crippen molar-refractivity contribution in [2.45, 2.75) is 25.8 Å². The molecule has 2 amide bonds. The van der Waals surface area contributed by atoms with Gasteiger partial charge in [-0.2, -0.15) is 0 Å². The van der Waals surface area contributed by atoms with Crippen LogP contribution in [-0.2, 0) is 0 Å². The molecule has 1 aromatic heterocycles. The highest BCUT2D eigenvalue weighted by molar-refractivity contribution is 7.15. The molecule has 1 heterocycles. The van der Waals surface area contributed by atoms with Gasteiger partial charge >= 0.3 is 0 Å². The van der Waals surface area contributed by atoms with Crippen LogP contribution in [-0.4, -0.2) is 17.9 Å². The normalized spacial score (nSPS) is 13.2. The van der Waals surface area contributed by atoms with Crippen LogP contribution in [0.5, 0.6) is 0 Å². The quantitative estimate of drug-likeness (QED) is 0.667. The Morgan fingerprint density at radius 3 is 2.33 bits per heavy atom. The fourth-order valence-corrected chi connectivity index (χ4v) is 3.83. The van der Waals surface area contributed by atoms with Crippen molar-refractivity contribution in [3.05, 3.63) is 76.7 Å². The van der Waals surface area contributed by atoms with Gasteiger partial charge in [-0.15, -0.1) is 11.3 Å². The number of hydrogen-bond donors (Lipinski definition) is 2. The highest BCUT2D eigenvalue weighted by atomic mass is 32.1. The maximum absolute atomic E-state index is 12.9. The molecule has 2 aromatic carbocycles. The van der Waals surface area contributed by atoms with Gasteiger partial charge in [0, 0.05) is 22.5 Å². The Hall–Kier alpha value is -2.92. The molecule has 0 radical (unpaired) electrons. The third-order valence-electron chi connectivity index (χ3n) is 4.56. The molecule has 4 nitrogen and oxygen atoms in total. The first-order valence-electron chi connectivity index (χ1n) is 8.97. The van der Waals surface area contributed by atoms with Gasteiger partial charge in [0.1, 0.15) is 5.00 Å². The van der Waals surface area contributed by atoms with Gasteiger partial charge in [0.25, 0.3) is 11.8 Å². The molecule has 3 aromatic rings. The van der Waals surface area contributed by atoms with Crippen LogP contribution in [0.2, 0.25) is 0 Å². The topological polar surface area (TPSA) is 58.2 Å². The van der Waals surface area contributed by atoms with Crippen LogP contribution >= 0.6 is 11.3 Å². The first kappa shape index (κ1) is 17.5. The lowest BCUT2D eigenvalue weighted by Crippen LogP contribution is -2.26. The molecule has 1 fully saturated rings. The van der Waals surface area contributed by atoms with Crippen molar-refractivity contribution >= 4 is 28.2 Å². The molecular formula is C22H20N2O2S. The minimum atomic E-state index is -0.214. The van der Waals surface area contributed by atoms with E-state index in [2.05, 4.69) is 10.6 Å². The van der Waals surface area contributed by atoms with Crippen LogP contribution in [0.25, 0.3) is 11.1 Å². The van der Waals surface area contributed by atoms with E-state index in [9.17, 15) is 9.59 Å². The Bertz CT molecular complexity index is 973. The summed E-state index contributed by atoms with van der Waals surface area (Å²) in [6, 6.07) is 17.3. The fourth-order valence-electron chi connectivity index (χ4n) is 2.87. The Balaban J connectivity index is 1.69. The van der Waals surface area contributed by atoms with Crippen molar-refractivity contribution in [1.29, 1.82) is 0 Å². The number of aryl methyl sites for hydroxylation is 1. The third-order valence-corrected chi connectivity index (χ3v) is 5.45. The fraction of sp³-hybridized carbons (Fsp3) is 0.182. The van der Waals surface area contributed by atoms with E-state index >= 15 is 0 Å². The summed E-state index contributed by atoms with van der Waals surface area (Å²) in [6.07, 6.45) is 2.03. The highest BCUT2D eigenvalue weighted by Gasteiger charge is 2.28. The summed E-state index contributed by atoms with van der Waals surface area (Å²) in [5, 5.41) is 8.49. The molecular weight excluding hydrogens is 356 g/mol. The summed E-state index contributed by atoms with van der Waals surface area (Å²) in [7, 11) is 0. The van der Waals surface area contributed by atoms with Gasteiger partial charge in [0.2, 0.25) is 0 Å². The molecule has 0 saturated heterocycles. The second kappa shape index (κ2) is 7.37. The zero-order valence-corrected chi connectivity index (χ0v) is 15.8. The zero-order valence-electron chi connectivity index (χ0n) is 15.0. The van der Waals surface area contributed by atoms with E-state index in [1.807, 2.05) is 54.8 Å². The van der Waals surface area contributed by atoms with Gasteiger partial charge in [-0.05, 0) is 37.5 Å². The lowest BCUT2D eigenvalue weighted by atomic mass is 10.0. The molecule has 1 aliphatic rings. The smallest absolute Gasteiger partial charge is 0.256 e. The molecule has 136 valence electrons. The number of carbonyl (C=O) groups is 2. The maximum Gasteiger partial charge on any atom is 0.256 e. The number of rotatable bonds is 5. The van der Waals surface area contributed by atoms with E-state index in [1.165, 1.54) is 11.3 Å². The van der Waals surface area contributed by atoms with Gasteiger partial charge in [0.15, 0.2) is 0 Å². The maximum atomic E-state index is 12.9. The summed E-state index contributed by atoms with van der Waals surface area (Å²) in [4.78, 5) is 25.5. The van der Waals surface area contributed by atoms with Crippen LogP contribution < -0.4 is 10.6 Å². The number of benzene rings is 2. The molecule has 4 rings (SSSR count). The molecule has 27 heavy (non-hydrogen) atoms. The molecule has 2 N–H and O–H groups in total. The van der Waals surface area contributed by atoms with Crippen LogP contribution in [0.15, 0.2) is 60.0 Å². The standard InChI is InChI=1S/C22H20N2O2S/c1-14-7-9-15(10-8-14)18-13-27-22(19(18)21(26)23-17-11-12-17)24-20(25)16-5-3-2-4-6-16/h2-10,13,17H,11-12H2,1H3,(H,23,26)(H,24,25). The molecule has 0 atom stereocenters. The summed E-state index contributed by atoms with van der Waals surface area (Å²) >= 11 is 1.38. The van der Waals surface area contributed by atoms with Crippen LogP contribution in [0, 0.1) is 6.92 Å². The van der Waals surface area contributed by atoms with E-state index in [0.717, 1.165) is 29.5 Å². The summed E-state index contributed by atoms with van der Waals surface area (Å²) in [5.74, 6) is -0.342. The molecule has 5 heteroatoms. The van der Waals surface area contributed by atoms with E-state index in [0.29, 0.717) is 16.1 Å². The molecule has 0 aliphatic heterocycles. The van der Waals surface area contributed by atoms with Crippen LogP contribution in [0.1, 0.15) is 39.1 Å². The van der Waals surface area contributed by atoms with E-state index in [4.69, 9.17) is 0 Å². The average Bonchev–Trinajstić information content (AvgIpc) is 3.40. The number of amides is 2. The van der Waals surface area contributed by atoms with Gasteiger partial charge in [0.05, 0.1) is 5.56 Å². The number of thiophene rings is 1. The molecule has 1 aliphatic carbocycles. The SMILES string of the molecule is Cc1ccc(-c2csc(NC(=O)c3ccccc3)c2C(=O)NC2CC2)cc1. The first-order chi connectivity index (χ1) is 13.1. The molecule has 1 saturated carbocycles. The Morgan fingerprint density at radius 2 is 1.67 bits per heavy atom. The Morgan fingerprint density at radius 1 is 0.963 bits per heavy atom. The number of anilines is 1. The van der Waals surface area contributed by atoms with Crippen molar-refractivity contribution in [1.82, 2.24) is 5.32 Å². The highest BCUT2D eigenvalue weighted by Crippen LogP contribution is 2.36. The number of hydrogen-bond acceptors (Lipinski definition) is 3. The monoisotopic (exact) mass is 376 g/mol. The lowest BCUT2D eigenvalue weighted by Gasteiger charge is -2.10. The molecule has 0 bridgehead atoms. The summed E-state index contributed by atoms with van der Waals surface area (Å²) in [6.45, 7) is 2.03. The van der Waals surface area contributed by atoms with Crippen molar-refractivity contribution in [2.24, 2.45) is 0 Å². The molecule has 0 spiro atoms. The van der Waals surface area contributed by atoms with Crippen LogP contribution in [0.4, 0.5) is 5.00 Å².